The summed E-state index contributed by atoms with van der Waals surface area (Å²) in [5, 5.41) is 4.90. The van der Waals surface area contributed by atoms with Crippen molar-refractivity contribution in [2.45, 2.75) is 6.10 Å². The van der Waals surface area contributed by atoms with Gasteiger partial charge in [0.2, 0.25) is 0 Å². The van der Waals surface area contributed by atoms with Crippen LogP contribution in [0.5, 0.6) is 5.75 Å². The van der Waals surface area contributed by atoms with Crippen molar-refractivity contribution in [2.24, 2.45) is 0 Å². The lowest BCUT2D eigenvalue weighted by Gasteiger charge is -2.14. The predicted octanol–water partition coefficient (Wildman–Crippen LogP) is 4.07. The largest absolute Gasteiger partial charge is 0.496 e. The molecule has 0 N–H and O–H groups in total. The highest BCUT2D eigenvalue weighted by Crippen LogP contribution is 2.45. The van der Waals surface area contributed by atoms with Crippen molar-refractivity contribution in [1.82, 2.24) is 0 Å². The SMILES string of the molecule is COc1c([C@H]2CO2)c2ccccc2c2ccccc12. The average molecular weight is 250 g/mol. The molecule has 1 atom stereocenters. The number of epoxide rings is 1. The number of ether oxygens (including phenoxy) is 2. The normalized spacial score (nSPS) is 17.8. The minimum absolute atomic E-state index is 0.185. The first kappa shape index (κ1) is 10.8. The minimum atomic E-state index is 0.185. The van der Waals surface area contributed by atoms with E-state index >= 15 is 0 Å². The van der Waals surface area contributed by atoms with Crippen molar-refractivity contribution in [1.29, 1.82) is 0 Å². The maximum absolute atomic E-state index is 5.69. The van der Waals surface area contributed by atoms with E-state index in [4.69, 9.17) is 9.47 Å². The molecule has 0 bridgehead atoms. The third-order valence-electron chi connectivity index (χ3n) is 3.78. The molecule has 3 aromatic carbocycles. The molecule has 0 radical (unpaired) electrons. The molecule has 0 aromatic heterocycles. The highest BCUT2D eigenvalue weighted by atomic mass is 16.6. The zero-order valence-electron chi connectivity index (χ0n) is 10.7. The first-order chi connectivity index (χ1) is 9.40. The van der Waals surface area contributed by atoms with Crippen molar-refractivity contribution >= 4 is 21.5 Å². The van der Waals surface area contributed by atoms with Crippen LogP contribution >= 0.6 is 0 Å². The Bertz CT molecular complexity index is 773. The van der Waals surface area contributed by atoms with Crippen molar-refractivity contribution in [3.05, 3.63) is 54.1 Å². The molecule has 1 heterocycles. The van der Waals surface area contributed by atoms with Crippen LogP contribution in [0.4, 0.5) is 0 Å². The standard InChI is InChI=1S/C17H14O2/c1-18-17-14-9-5-3-7-12(14)11-6-2-4-8-13(11)16(17)15-10-19-15/h2-9,15H,10H2,1H3/t15-/m1/s1. The van der Waals surface area contributed by atoms with Crippen molar-refractivity contribution in [3.63, 3.8) is 0 Å². The van der Waals surface area contributed by atoms with E-state index in [1.54, 1.807) is 7.11 Å². The van der Waals surface area contributed by atoms with Crippen LogP contribution in [-0.2, 0) is 4.74 Å². The summed E-state index contributed by atoms with van der Waals surface area (Å²) in [5.41, 5.74) is 1.19. The minimum Gasteiger partial charge on any atom is -0.496 e. The third-order valence-corrected chi connectivity index (χ3v) is 3.78. The number of fused-ring (bicyclic) bond motifs is 3. The zero-order chi connectivity index (χ0) is 12.8. The van der Waals surface area contributed by atoms with Crippen LogP contribution in [0.1, 0.15) is 11.7 Å². The van der Waals surface area contributed by atoms with Crippen LogP contribution in [-0.4, -0.2) is 13.7 Å². The number of hydrogen-bond acceptors (Lipinski definition) is 2. The van der Waals surface area contributed by atoms with Crippen LogP contribution in [0.2, 0.25) is 0 Å². The molecular weight excluding hydrogens is 236 g/mol. The van der Waals surface area contributed by atoms with E-state index in [9.17, 15) is 0 Å². The van der Waals surface area contributed by atoms with Gasteiger partial charge in [0.25, 0.3) is 0 Å². The van der Waals surface area contributed by atoms with E-state index in [1.807, 2.05) is 0 Å². The smallest absolute Gasteiger partial charge is 0.133 e. The van der Waals surface area contributed by atoms with Gasteiger partial charge in [0, 0.05) is 10.9 Å². The number of hydrogen-bond donors (Lipinski definition) is 0. The van der Waals surface area contributed by atoms with Crippen molar-refractivity contribution in [2.75, 3.05) is 13.7 Å². The molecular formula is C17H14O2. The molecule has 0 unspecified atom stereocenters. The second kappa shape index (κ2) is 3.97. The second-order valence-corrected chi connectivity index (χ2v) is 4.86. The third kappa shape index (κ3) is 1.53. The van der Waals surface area contributed by atoms with E-state index in [0.717, 1.165) is 17.7 Å². The topological polar surface area (TPSA) is 21.8 Å². The molecule has 94 valence electrons. The first-order valence-corrected chi connectivity index (χ1v) is 6.49. The summed E-state index contributed by atoms with van der Waals surface area (Å²) >= 11 is 0. The molecule has 19 heavy (non-hydrogen) atoms. The molecule has 1 aliphatic rings. The molecule has 3 aromatic rings. The molecule has 4 rings (SSSR count). The van der Waals surface area contributed by atoms with Gasteiger partial charge in [-0.25, -0.2) is 0 Å². The van der Waals surface area contributed by atoms with Gasteiger partial charge < -0.3 is 9.47 Å². The van der Waals surface area contributed by atoms with E-state index in [2.05, 4.69) is 48.5 Å². The van der Waals surface area contributed by atoms with Gasteiger partial charge in [-0.05, 0) is 16.2 Å². The lowest BCUT2D eigenvalue weighted by atomic mass is 9.94. The molecule has 1 saturated heterocycles. The number of benzene rings is 3. The molecule has 2 nitrogen and oxygen atoms in total. The van der Waals surface area contributed by atoms with E-state index < -0.39 is 0 Å². The Morgan fingerprint density at radius 2 is 1.42 bits per heavy atom. The Morgan fingerprint density at radius 3 is 2.00 bits per heavy atom. The first-order valence-electron chi connectivity index (χ1n) is 6.49. The zero-order valence-corrected chi connectivity index (χ0v) is 10.7. The summed E-state index contributed by atoms with van der Waals surface area (Å²) in [6.45, 7) is 0.790. The number of methoxy groups -OCH3 is 1. The number of rotatable bonds is 2. The molecule has 0 spiro atoms. The van der Waals surface area contributed by atoms with Crippen molar-refractivity contribution in [3.8, 4) is 5.75 Å². The Morgan fingerprint density at radius 1 is 0.895 bits per heavy atom. The summed E-state index contributed by atoms with van der Waals surface area (Å²) in [4.78, 5) is 0. The van der Waals surface area contributed by atoms with Crippen molar-refractivity contribution < 1.29 is 9.47 Å². The van der Waals surface area contributed by atoms with Crippen LogP contribution < -0.4 is 4.74 Å². The van der Waals surface area contributed by atoms with Crippen LogP contribution in [0.3, 0.4) is 0 Å². The fourth-order valence-corrected chi connectivity index (χ4v) is 2.89. The van der Waals surface area contributed by atoms with Gasteiger partial charge in [0.05, 0.1) is 13.7 Å². The van der Waals surface area contributed by atoms with Gasteiger partial charge >= 0.3 is 0 Å². The van der Waals surface area contributed by atoms with E-state index in [-0.39, 0.29) is 6.10 Å². The molecule has 0 amide bonds. The molecule has 2 heteroatoms. The van der Waals surface area contributed by atoms with Gasteiger partial charge in [-0.15, -0.1) is 0 Å². The van der Waals surface area contributed by atoms with E-state index in [1.165, 1.54) is 21.7 Å². The highest BCUT2D eigenvalue weighted by molar-refractivity contribution is 6.12. The fourth-order valence-electron chi connectivity index (χ4n) is 2.89. The van der Waals surface area contributed by atoms with Gasteiger partial charge in [-0.2, -0.15) is 0 Å². The fraction of sp³-hybridized carbons (Fsp3) is 0.176. The van der Waals surface area contributed by atoms with E-state index in [0.29, 0.717) is 0 Å². The Hall–Kier alpha value is -2.06. The van der Waals surface area contributed by atoms with Crippen LogP contribution in [0.15, 0.2) is 48.5 Å². The average Bonchev–Trinajstić information content (AvgIpc) is 3.30. The lowest BCUT2D eigenvalue weighted by molar-refractivity contribution is 0.388. The van der Waals surface area contributed by atoms with Gasteiger partial charge in [0.1, 0.15) is 11.9 Å². The lowest BCUT2D eigenvalue weighted by Crippen LogP contribution is -1.95. The summed E-state index contributed by atoms with van der Waals surface area (Å²) in [7, 11) is 1.74. The second-order valence-electron chi connectivity index (χ2n) is 4.86. The highest BCUT2D eigenvalue weighted by Gasteiger charge is 2.31. The van der Waals surface area contributed by atoms with Gasteiger partial charge in [-0.3, -0.25) is 0 Å². The monoisotopic (exact) mass is 250 g/mol. The van der Waals surface area contributed by atoms with Gasteiger partial charge in [-0.1, -0.05) is 48.5 Å². The molecule has 1 aliphatic heterocycles. The Kier molecular flexibility index (Phi) is 2.26. The van der Waals surface area contributed by atoms with Crippen LogP contribution in [0, 0.1) is 0 Å². The maximum atomic E-state index is 5.69. The van der Waals surface area contributed by atoms with Gasteiger partial charge in [0.15, 0.2) is 0 Å². The molecule has 0 aliphatic carbocycles. The predicted molar refractivity (Wildman–Crippen MR) is 76.7 cm³/mol. The Labute approximate surface area is 111 Å². The maximum Gasteiger partial charge on any atom is 0.133 e. The molecule has 0 saturated carbocycles. The molecule has 1 fully saturated rings. The summed E-state index contributed by atoms with van der Waals surface area (Å²) in [5.74, 6) is 0.955. The van der Waals surface area contributed by atoms with Crippen LogP contribution in [0.25, 0.3) is 21.5 Å². The summed E-state index contributed by atoms with van der Waals surface area (Å²) in [6, 6.07) is 16.9. The quantitative estimate of drug-likeness (QED) is 0.505. The summed E-state index contributed by atoms with van der Waals surface area (Å²) < 4.78 is 11.2. The summed E-state index contributed by atoms with van der Waals surface area (Å²) in [6.07, 6.45) is 0.185. The Balaban J connectivity index is 2.26.